The van der Waals surface area contributed by atoms with E-state index < -0.39 is 137 Å². The predicted octanol–water partition coefficient (Wildman–Crippen LogP) is -5.40. The number of aliphatic hydroxyl groups excluding tert-OH is 4. The average molecular weight is 1130 g/mol. The van der Waals surface area contributed by atoms with Gasteiger partial charge in [-0.3, -0.25) is 46.9 Å². The molecule has 0 spiro atoms. The van der Waals surface area contributed by atoms with E-state index in [9.17, 15) is 67.8 Å². The van der Waals surface area contributed by atoms with Crippen molar-refractivity contribution in [2.75, 3.05) is 50.2 Å². The Balaban J connectivity index is 0.919. The highest BCUT2D eigenvalue weighted by molar-refractivity contribution is 7.66. The summed E-state index contributed by atoms with van der Waals surface area (Å²) in [4.78, 5) is 99.2. The van der Waals surface area contributed by atoms with Crippen molar-refractivity contribution in [2.24, 2.45) is 7.05 Å². The number of aliphatic hydroxyl groups is 4. The molecule has 2 aliphatic heterocycles. The number of anilines is 3. The first-order valence-electron chi connectivity index (χ1n) is 20.6. The molecule has 14 N–H and O–H groups in total. The molecule has 0 bridgehead atoms. The number of phosphoric ester groups is 3. The quantitative estimate of drug-likeness (QED) is 0.0223. The molecular weight excluding hydrogens is 1090 g/mol. The smallest absolute Gasteiger partial charge is 0.487 e. The van der Waals surface area contributed by atoms with Crippen LogP contribution >= 0.6 is 31.3 Å². The van der Waals surface area contributed by atoms with Gasteiger partial charge in [0, 0.05) is 0 Å². The van der Waals surface area contributed by atoms with Gasteiger partial charge in [-0.1, -0.05) is 4.98 Å². The first kappa shape index (κ1) is 55.1. The second-order valence-electron chi connectivity index (χ2n) is 15.7. The molecule has 38 nitrogen and oxygen atoms in total. The minimum atomic E-state index is -6.31. The summed E-state index contributed by atoms with van der Waals surface area (Å²) in [6.07, 6.45) is -15.2. The van der Waals surface area contributed by atoms with Gasteiger partial charge >= 0.3 is 21.3 Å². The van der Waals surface area contributed by atoms with Crippen molar-refractivity contribution in [2.45, 2.75) is 61.5 Å². The third kappa shape index (κ3) is 11.6. The summed E-state index contributed by atoms with van der Waals surface area (Å²) >= 11 is 0. The Hall–Kier alpha value is -5.18. The zero-order valence-corrected chi connectivity index (χ0v) is 40.7. The van der Waals surface area contributed by atoms with E-state index in [1.807, 2.05) is 0 Å². The molecule has 0 amide bonds. The number of nitrogens with one attached hydrogen (secondary N) is 2. The molecular formula is C31H41FN15O23P4-. The molecule has 0 radical (unpaired) electrons. The summed E-state index contributed by atoms with van der Waals surface area (Å²) in [5.41, 5.74) is 14.7. The Kier molecular flexibility index (Phi) is 15.7. The molecule has 6 unspecified atom stereocenters. The Morgan fingerprint density at radius 1 is 0.811 bits per heavy atom. The first-order valence-corrected chi connectivity index (χ1v) is 26.5. The van der Waals surface area contributed by atoms with Crippen molar-refractivity contribution in [3.63, 3.8) is 0 Å². The Morgan fingerprint density at radius 3 is 2.16 bits per heavy atom. The van der Waals surface area contributed by atoms with Gasteiger partial charge in [-0.15, -0.1) is 0 Å². The number of imidazole rings is 3. The van der Waals surface area contributed by atoms with Crippen LogP contribution in [-0.4, -0.2) is 160 Å². The molecule has 8 rings (SSSR count). The van der Waals surface area contributed by atoms with Gasteiger partial charge in [0.05, 0.1) is 46.1 Å². The lowest BCUT2D eigenvalue weighted by Crippen LogP contribution is -2.46. The van der Waals surface area contributed by atoms with E-state index in [0.717, 1.165) is 32.7 Å². The lowest BCUT2D eigenvalue weighted by Gasteiger charge is -2.30. The number of halogens is 1. The van der Waals surface area contributed by atoms with Crippen LogP contribution in [0.5, 0.6) is 0 Å². The molecule has 406 valence electrons. The molecule has 8 heterocycles. The molecule has 0 aromatic carbocycles. The van der Waals surface area contributed by atoms with Crippen LogP contribution in [0.4, 0.5) is 22.1 Å². The van der Waals surface area contributed by atoms with E-state index >= 15 is 4.39 Å². The zero-order chi connectivity index (χ0) is 53.8. The number of hydrogen-bond acceptors (Lipinski definition) is 30. The van der Waals surface area contributed by atoms with Crippen LogP contribution in [0.25, 0.3) is 33.5 Å². The summed E-state index contributed by atoms with van der Waals surface area (Å²) < 4.78 is 116. The fourth-order valence-electron chi connectivity index (χ4n) is 7.50. The second-order valence-corrected chi connectivity index (χ2v) is 21.7. The van der Waals surface area contributed by atoms with E-state index in [2.05, 4.69) is 57.5 Å². The van der Waals surface area contributed by atoms with E-state index in [1.165, 1.54) is 17.9 Å². The monoisotopic (exact) mass is 1130 g/mol. The second kappa shape index (κ2) is 21.1. The van der Waals surface area contributed by atoms with Crippen LogP contribution in [0.3, 0.4) is 0 Å². The lowest BCUT2D eigenvalue weighted by atomic mass is 10.1. The van der Waals surface area contributed by atoms with Crippen LogP contribution in [0, 0.1) is 0 Å². The number of ether oxygens (including phenoxy) is 3. The summed E-state index contributed by atoms with van der Waals surface area (Å²) in [5, 5.41) is 41.4. The molecule has 74 heavy (non-hydrogen) atoms. The number of nitrogen functional groups attached to an aromatic ring is 3. The SMILES string of the molecule is Cn1c[n+]([C@@H](CO)O[C@@H](CO)COP(=O)([O-])OP(=O)(O)OP(=O)(O)OC[C@H]2O[C@@H](n3cnc4c(N)ncnc43)C(F)[C@H]2OP(=O)([O-])OC[C@H]2O[C@@H](n3cnc4c(=O)[nH]c(N)nc43)C(O)[C@H]2O)c2nc(N)[nH]c(=O)c21. The van der Waals surface area contributed by atoms with E-state index in [1.54, 1.807) is 0 Å². The molecule has 43 heteroatoms. The molecule has 2 fully saturated rings. The van der Waals surface area contributed by atoms with Gasteiger partial charge < -0.3 is 85.0 Å². The van der Waals surface area contributed by atoms with Gasteiger partial charge in [-0.05, 0) is 0 Å². The number of aromatic nitrogens is 12. The van der Waals surface area contributed by atoms with Crippen molar-refractivity contribution in [1.29, 1.82) is 0 Å². The van der Waals surface area contributed by atoms with E-state index in [0.29, 0.717) is 0 Å². The van der Waals surface area contributed by atoms with Crippen molar-refractivity contribution in [1.82, 2.24) is 53.6 Å². The maximum atomic E-state index is 16.5. The summed E-state index contributed by atoms with van der Waals surface area (Å²) in [6, 6.07) is 0. The topological polar surface area (TPSA) is 559 Å². The highest BCUT2D eigenvalue weighted by atomic mass is 31.3. The molecule has 0 saturated carbocycles. The highest BCUT2D eigenvalue weighted by Crippen LogP contribution is 2.66. The van der Waals surface area contributed by atoms with Crippen molar-refractivity contribution in [3.05, 3.63) is 46.0 Å². The number of alkyl halides is 1. The molecule has 6 aromatic heterocycles. The molecule has 0 aliphatic carbocycles. The number of aryl methyl sites for hydroxylation is 1. The largest absolute Gasteiger partial charge is 0.756 e. The number of rotatable bonds is 22. The third-order valence-corrected chi connectivity index (χ3v) is 15.9. The van der Waals surface area contributed by atoms with Gasteiger partial charge in [-0.2, -0.15) is 9.29 Å². The summed E-state index contributed by atoms with van der Waals surface area (Å²) in [7, 11) is -22.9. The van der Waals surface area contributed by atoms with Crippen LogP contribution in [0.1, 0.15) is 18.7 Å². The van der Waals surface area contributed by atoms with Crippen LogP contribution in [0.2, 0.25) is 0 Å². The number of phosphoric acid groups is 4. The standard InChI is InChI=1S/C31H42FN15O23P4/c1-44-10-47(25-18(44)27(53)43-31(35)41-25)14(3-49)65-11(2-48)4-62-72(56,57)69-74(60,61)70-73(58,59)64-6-13-21(15(32)28(67-13)45-8-38-16-22(33)36-7-37-23(16)45)68-71(54,55)63-5-12-19(50)20(51)29(66-12)46-9-39-17-24(46)40-30(34)42-26(17)52/h7-15,19-21,28-29,48-51H,2-6H2,1H3,(H11-,33,34,35,36,37,40,41,42,43,52,53,54,55,56,57,58,59,60,61)/p-1/t11-,12+,13+,14+,15?,19-,20?,21-,28+,29+/m0/s1. The Labute approximate surface area is 408 Å². The Morgan fingerprint density at radius 2 is 1.46 bits per heavy atom. The third-order valence-electron chi connectivity index (χ3n) is 10.7. The van der Waals surface area contributed by atoms with E-state index in [4.69, 9.17) is 40.5 Å². The summed E-state index contributed by atoms with van der Waals surface area (Å²) in [6.45, 7) is -5.75. The molecule has 2 aliphatic rings. The number of fused-ring (bicyclic) bond motifs is 3. The number of aromatic amines is 2. The number of nitrogens with zero attached hydrogens (tertiary/aromatic N) is 10. The Bertz CT molecular complexity index is 3380. The maximum Gasteiger partial charge on any atom is 0.487 e. The van der Waals surface area contributed by atoms with Gasteiger partial charge in [-0.25, -0.2) is 42.3 Å². The van der Waals surface area contributed by atoms with Crippen molar-refractivity contribution in [3.8, 4) is 0 Å². The number of H-pyrrole nitrogens is 2. The van der Waals surface area contributed by atoms with Crippen LogP contribution < -0.4 is 42.7 Å². The van der Waals surface area contributed by atoms with Crippen molar-refractivity contribution < 1.29 is 108 Å². The van der Waals surface area contributed by atoms with Gasteiger partial charge in [0.15, 0.2) is 47.6 Å². The summed E-state index contributed by atoms with van der Waals surface area (Å²) in [5.74, 6) is -0.865. The molecule has 2 saturated heterocycles. The van der Waals surface area contributed by atoms with Crippen molar-refractivity contribution >= 4 is 82.5 Å². The average Bonchev–Trinajstić information content (AvgIpc) is 4.12. The van der Waals surface area contributed by atoms with Crippen LogP contribution in [-0.2, 0) is 66.2 Å². The number of hydrogen-bond donors (Lipinski definition) is 11. The van der Waals surface area contributed by atoms with Gasteiger partial charge in [0.2, 0.25) is 17.7 Å². The van der Waals surface area contributed by atoms with Gasteiger partial charge in [0.1, 0.15) is 55.1 Å². The number of nitrogens with two attached hydrogens (primary N) is 3. The molecule has 6 aromatic rings. The minimum Gasteiger partial charge on any atom is -0.756 e. The zero-order valence-electron chi connectivity index (χ0n) is 37.1. The minimum absolute atomic E-state index is 0.0401. The molecule has 14 atom stereocenters. The lowest BCUT2D eigenvalue weighted by molar-refractivity contribution is -0.746. The highest BCUT2D eigenvalue weighted by Gasteiger charge is 2.51. The van der Waals surface area contributed by atoms with E-state index in [-0.39, 0.29) is 51.2 Å². The first-order chi connectivity index (χ1) is 34.7. The predicted molar refractivity (Wildman–Crippen MR) is 231 cm³/mol. The normalized spacial score (nSPS) is 26.5. The fourth-order valence-corrected chi connectivity index (χ4v) is 11.9. The maximum absolute atomic E-state index is 16.5. The van der Waals surface area contributed by atoms with Crippen LogP contribution in [0.15, 0.2) is 34.9 Å². The van der Waals surface area contributed by atoms with Gasteiger partial charge in [0.25, 0.3) is 32.7 Å². The fraction of sp³-hybridized carbons (Fsp3) is 0.516.